The van der Waals surface area contributed by atoms with Crippen LogP contribution in [0.3, 0.4) is 0 Å². The van der Waals surface area contributed by atoms with Gasteiger partial charge in [0.2, 0.25) is 0 Å². The fourth-order valence-electron chi connectivity index (χ4n) is 3.75. The first-order chi connectivity index (χ1) is 17.0. The molecule has 208 valence electrons. The zero-order valence-corrected chi connectivity index (χ0v) is 23.3. The smallest absolute Gasteiger partial charge is 0.321 e. The minimum atomic E-state index is -1.33. The van der Waals surface area contributed by atoms with Crippen LogP contribution in [0.4, 0.5) is 0 Å². The van der Waals surface area contributed by atoms with E-state index in [1.54, 1.807) is 13.0 Å². The van der Waals surface area contributed by atoms with Crippen LogP contribution in [0.5, 0.6) is 11.5 Å². The maximum absolute atomic E-state index is 12.4. The van der Waals surface area contributed by atoms with E-state index >= 15 is 0 Å². The molecule has 3 atom stereocenters. The summed E-state index contributed by atoms with van der Waals surface area (Å²) in [6.07, 6.45) is 0.522. The van der Waals surface area contributed by atoms with Crippen molar-refractivity contribution in [2.24, 2.45) is 28.9 Å². The molecule has 0 radical (unpaired) electrons. The number of hydrogen-bond donors (Lipinski definition) is 2. The lowest BCUT2D eigenvalue weighted by Crippen LogP contribution is -2.40. The average molecular weight is 522 g/mol. The molecule has 0 bridgehead atoms. The molecule has 3 N–H and O–H groups in total. The molecule has 0 spiro atoms. The van der Waals surface area contributed by atoms with Crippen molar-refractivity contribution in [3.05, 3.63) is 23.8 Å². The zero-order chi connectivity index (χ0) is 28.5. The standard InChI is InChI=1S/C28H43NO8/c1-16(2)11-22(30)36-20-10-9-19(13-21(20)37-23(31)12-17(3)4)25(26(29)27(33)34)18(5)15-35-24(32)14-28(6,7)8/h9-10,13,16-18,25-26H,11-12,14-15,29H2,1-8H3,(H,33,34)/t18?,25?,26-/m0/s1. The molecular formula is C28H43NO8. The number of hydrogen-bond acceptors (Lipinski definition) is 8. The Morgan fingerprint density at radius 3 is 1.84 bits per heavy atom. The van der Waals surface area contributed by atoms with Crippen molar-refractivity contribution in [2.45, 2.75) is 86.6 Å². The van der Waals surface area contributed by atoms with Crippen LogP contribution >= 0.6 is 0 Å². The molecule has 9 nitrogen and oxygen atoms in total. The summed E-state index contributed by atoms with van der Waals surface area (Å²) in [5.74, 6) is -3.73. The number of esters is 3. The lowest BCUT2D eigenvalue weighted by atomic mass is 9.82. The second-order valence-corrected chi connectivity index (χ2v) is 11.6. The molecule has 0 saturated carbocycles. The van der Waals surface area contributed by atoms with Crippen molar-refractivity contribution in [3.8, 4) is 11.5 Å². The van der Waals surface area contributed by atoms with Gasteiger partial charge in [-0.1, -0.05) is 61.5 Å². The molecule has 0 aliphatic rings. The average Bonchev–Trinajstić information content (AvgIpc) is 2.71. The highest BCUT2D eigenvalue weighted by Gasteiger charge is 2.33. The van der Waals surface area contributed by atoms with Crippen molar-refractivity contribution in [2.75, 3.05) is 6.61 Å². The van der Waals surface area contributed by atoms with Crippen LogP contribution in [0.15, 0.2) is 18.2 Å². The quantitative estimate of drug-likeness (QED) is 0.279. The van der Waals surface area contributed by atoms with Crippen LogP contribution in [0.1, 0.15) is 86.1 Å². The molecule has 0 aliphatic carbocycles. The monoisotopic (exact) mass is 521 g/mol. The molecule has 0 heterocycles. The van der Waals surface area contributed by atoms with Gasteiger partial charge in [0.15, 0.2) is 11.5 Å². The summed E-state index contributed by atoms with van der Waals surface area (Å²) in [6, 6.07) is 3.19. The van der Waals surface area contributed by atoms with Crippen molar-refractivity contribution in [1.82, 2.24) is 0 Å². The Labute approximate surface area is 220 Å². The van der Waals surface area contributed by atoms with E-state index < -0.39 is 41.8 Å². The van der Waals surface area contributed by atoms with Gasteiger partial charge in [0.05, 0.1) is 13.0 Å². The maximum atomic E-state index is 12.4. The Morgan fingerprint density at radius 1 is 0.865 bits per heavy atom. The molecule has 0 aromatic heterocycles. The van der Waals surface area contributed by atoms with Crippen LogP contribution in [0.25, 0.3) is 0 Å². The normalized spacial score (nSPS) is 14.1. The summed E-state index contributed by atoms with van der Waals surface area (Å²) >= 11 is 0. The fourth-order valence-corrected chi connectivity index (χ4v) is 3.75. The Morgan fingerprint density at radius 2 is 1.38 bits per heavy atom. The Kier molecular flexibility index (Phi) is 12.2. The van der Waals surface area contributed by atoms with Crippen LogP contribution in [-0.4, -0.2) is 41.6 Å². The van der Waals surface area contributed by atoms with Crippen molar-refractivity contribution in [3.63, 3.8) is 0 Å². The molecule has 0 aliphatic heterocycles. The SMILES string of the molecule is CC(C)CC(=O)Oc1ccc(C(C(C)COC(=O)CC(C)(C)C)[C@H](N)C(=O)O)cc1OC(=O)CC(C)C. The van der Waals surface area contributed by atoms with E-state index in [0.29, 0.717) is 5.56 Å². The first-order valence-electron chi connectivity index (χ1n) is 12.7. The third-order valence-corrected chi connectivity index (χ3v) is 5.42. The molecule has 2 unspecified atom stereocenters. The fraction of sp³-hybridized carbons (Fsp3) is 0.643. The first-order valence-corrected chi connectivity index (χ1v) is 12.7. The van der Waals surface area contributed by atoms with Crippen LogP contribution < -0.4 is 15.2 Å². The minimum absolute atomic E-state index is 0.000211. The zero-order valence-electron chi connectivity index (χ0n) is 23.3. The van der Waals surface area contributed by atoms with Crippen molar-refractivity contribution < 1.29 is 38.5 Å². The summed E-state index contributed by atoms with van der Waals surface area (Å²) in [5, 5.41) is 9.68. The number of ether oxygens (including phenoxy) is 3. The van der Waals surface area contributed by atoms with Crippen LogP contribution in [0, 0.1) is 23.2 Å². The van der Waals surface area contributed by atoms with Gasteiger partial charge in [0, 0.05) is 18.8 Å². The summed E-state index contributed by atoms with van der Waals surface area (Å²) in [4.78, 5) is 48.8. The number of carboxylic acid groups (broad SMARTS) is 1. The largest absolute Gasteiger partial charge is 0.480 e. The minimum Gasteiger partial charge on any atom is -0.480 e. The molecule has 0 amide bonds. The number of benzene rings is 1. The highest BCUT2D eigenvalue weighted by molar-refractivity contribution is 5.77. The van der Waals surface area contributed by atoms with Crippen molar-refractivity contribution in [1.29, 1.82) is 0 Å². The topological polar surface area (TPSA) is 142 Å². The van der Waals surface area contributed by atoms with E-state index in [9.17, 15) is 24.3 Å². The van der Waals surface area contributed by atoms with E-state index in [1.165, 1.54) is 12.1 Å². The Hall–Kier alpha value is -2.94. The third kappa shape index (κ3) is 11.8. The van der Waals surface area contributed by atoms with Crippen LogP contribution in [0.2, 0.25) is 0 Å². The number of carbonyl (C=O) groups excluding carboxylic acids is 3. The van der Waals surface area contributed by atoms with Gasteiger partial charge in [0.25, 0.3) is 0 Å². The first kappa shape index (κ1) is 32.1. The van der Waals surface area contributed by atoms with Gasteiger partial charge in [-0.05, 0) is 40.9 Å². The summed E-state index contributed by atoms with van der Waals surface area (Å²) < 4.78 is 16.4. The molecule has 0 fully saturated rings. The molecule has 1 aromatic carbocycles. The Bertz CT molecular complexity index is 948. The maximum Gasteiger partial charge on any atom is 0.321 e. The lowest BCUT2D eigenvalue weighted by Gasteiger charge is -2.28. The Balaban J connectivity index is 3.34. The van der Waals surface area contributed by atoms with Gasteiger partial charge < -0.3 is 25.1 Å². The predicted molar refractivity (Wildman–Crippen MR) is 139 cm³/mol. The number of rotatable bonds is 13. The summed E-state index contributed by atoms with van der Waals surface area (Å²) in [6.45, 7) is 14.9. The summed E-state index contributed by atoms with van der Waals surface area (Å²) in [5.41, 5.74) is 6.25. The highest BCUT2D eigenvalue weighted by atomic mass is 16.6. The highest BCUT2D eigenvalue weighted by Crippen LogP contribution is 2.36. The number of carbonyl (C=O) groups is 4. The number of nitrogens with two attached hydrogens (primary N) is 1. The van der Waals surface area contributed by atoms with Crippen molar-refractivity contribution >= 4 is 23.9 Å². The molecular weight excluding hydrogens is 478 g/mol. The van der Waals surface area contributed by atoms with Gasteiger partial charge in [-0.2, -0.15) is 0 Å². The van der Waals surface area contributed by atoms with E-state index in [2.05, 4.69) is 0 Å². The van der Waals surface area contributed by atoms with Gasteiger partial charge in [-0.3, -0.25) is 19.2 Å². The predicted octanol–water partition coefficient (Wildman–Crippen LogP) is 4.70. The van der Waals surface area contributed by atoms with E-state index in [4.69, 9.17) is 19.9 Å². The molecule has 9 heteroatoms. The van der Waals surface area contributed by atoms with Gasteiger partial charge >= 0.3 is 23.9 Å². The molecule has 1 aromatic rings. The van der Waals surface area contributed by atoms with E-state index in [1.807, 2.05) is 48.5 Å². The number of aliphatic carboxylic acids is 1. The van der Waals surface area contributed by atoms with E-state index in [-0.39, 0.29) is 54.6 Å². The van der Waals surface area contributed by atoms with Gasteiger partial charge in [0.1, 0.15) is 6.04 Å². The van der Waals surface area contributed by atoms with Crippen LogP contribution in [-0.2, 0) is 23.9 Å². The number of carboxylic acids is 1. The van der Waals surface area contributed by atoms with Gasteiger partial charge in [-0.25, -0.2) is 0 Å². The lowest BCUT2D eigenvalue weighted by molar-refractivity contribution is -0.147. The van der Waals surface area contributed by atoms with E-state index in [0.717, 1.165) is 0 Å². The second kappa shape index (κ2) is 14.1. The summed E-state index contributed by atoms with van der Waals surface area (Å²) in [7, 11) is 0. The molecule has 1 rings (SSSR count). The molecule has 0 saturated heterocycles. The second-order valence-electron chi connectivity index (χ2n) is 11.6. The third-order valence-electron chi connectivity index (χ3n) is 5.42. The van der Waals surface area contributed by atoms with Gasteiger partial charge in [-0.15, -0.1) is 0 Å². The molecule has 37 heavy (non-hydrogen) atoms.